The molecule has 1 saturated carbocycles. The molecule has 2 aromatic rings. The lowest BCUT2D eigenvalue weighted by Gasteiger charge is -2.33. The fourth-order valence-corrected chi connectivity index (χ4v) is 4.82. The quantitative estimate of drug-likeness (QED) is 0.910. The molecule has 1 aromatic heterocycles. The van der Waals surface area contributed by atoms with Crippen molar-refractivity contribution in [2.24, 2.45) is 5.92 Å². The highest BCUT2D eigenvalue weighted by Gasteiger charge is 2.45. The van der Waals surface area contributed by atoms with Crippen LogP contribution in [0.4, 0.5) is 0 Å². The summed E-state index contributed by atoms with van der Waals surface area (Å²) in [6.07, 6.45) is 7.22. The lowest BCUT2D eigenvalue weighted by Crippen LogP contribution is -2.41. The number of likely N-dealkylation sites (tertiary alicyclic amines) is 1. The van der Waals surface area contributed by atoms with E-state index in [0.717, 1.165) is 35.7 Å². The van der Waals surface area contributed by atoms with E-state index in [-0.39, 0.29) is 0 Å². The van der Waals surface area contributed by atoms with E-state index < -0.39 is 12.0 Å². The number of benzene rings is 1. The second-order valence-corrected chi connectivity index (χ2v) is 7.45. The minimum atomic E-state index is -0.705. The van der Waals surface area contributed by atoms with Crippen molar-refractivity contribution in [3.63, 3.8) is 0 Å². The number of rotatable bonds is 3. The number of carboxylic acids is 1. The maximum absolute atomic E-state index is 11.8. The van der Waals surface area contributed by atoms with E-state index >= 15 is 0 Å². The van der Waals surface area contributed by atoms with E-state index in [2.05, 4.69) is 9.88 Å². The van der Waals surface area contributed by atoms with Crippen molar-refractivity contribution in [1.82, 2.24) is 9.88 Å². The maximum atomic E-state index is 11.8. The van der Waals surface area contributed by atoms with Crippen molar-refractivity contribution in [1.29, 1.82) is 0 Å². The molecular weight excluding hydrogens is 324 g/mol. The van der Waals surface area contributed by atoms with E-state index in [0.29, 0.717) is 23.5 Å². The van der Waals surface area contributed by atoms with Crippen LogP contribution in [0.5, 0.6) is 0 Å². The highest BCUT2D eigenvalue weighted by Crippen LogP contribution is 2.41. The molecule has 1 aromatic carbocycles. The fourth-order valence-electron chi connectivity index (χ4n) is 4.57. The van der Waals surface area contributed by atoms with Crippen LogP contribution in [0, 0.1) is 5.92 Å². The number of fused-ring (bicyclic) bond motifs is 2. The zero-order chi connectivity index (χ0) is 16.7. The second-order valence-electron chi connectivity index (χ2n) is 7.01. The second kappa shape index (κ2) is 6.34. The molecule has 2 fully saturated rings. The predicted molar refractivity (Wildman–Crippen MR) is 94.1 cm³/mol. The SMILES string of the molecule is O=C(O)C1CC2CCCCC2N1Cc1cc(Cl)cc2cccnc12. The maximum Gasteiger partial charge on any atom is 0.320 e. The number of aromatic nitrogens is 1. The van der Waals surface area contributed by atoms with E-state index in [1.165, 1.54) is 12.8 Å². The molecule has 4 nitrogen and oxygen atoms in total. The first-order chi connectivity index (χ1) is 11.6. The molecule has 2 aliphatic rings. The molecule has 1 saturated heterocycles. The average Bonchev–Trinajstić information content (AvgIpc) is 2.94. The molecule has 24 heavy (non-hydrogen) atoms. The van der Waals surface area contributed by atoms with Gasteiger partial charge in [-0.05, 0) is 48.9 Å². The van der Waals surface area contributed by atoms with Gasteiger partial charge in [-0.15, -0.1) is 0 Å². The normalized spacial score (nSPS) is 27.3. The summed E-state index contributed by atoms with van der Waals surface area (Å²) in [5, 5.41) is 11.4. The van der Waals surface area contributed by atoms with Gasteiger partial charge >= 0.3 is 5.97 Å². The highest BCUT2D eigenvalue weighted by atomic mass is 35.5. The molecule has 0 bridgehead atoms. The van der Waals surface area contributed by atoms with Crippen LogP contribution in [-0.4, -0.2) is 33.0 Å². The summed E-state index contributed by atoms with van der Waals surface area (Å²) < 4.78 is 0. The topological polar surface area (TPSA) is 53.4 Å². The summed E-state index contributed by atoms with van der Waals surface area (Å²) in [6.45, 7) is 0.603. The van der Waals surface area contributed by atoms with Gasteiger partial charge in [-0.2, -0.15) is 0 Å². The molecular formula is C19H21ClN2O2. The Bertz CT molecular complexity index is 779. The van der Waals surface area contributed by atoms with Crippen molar-refractivity contribution in [3.05, 3.63) is 41.0 Å². The fraction of sp³-hybridized carbons (Fsp3) is 0.474. The Balaban J connectivity index is 1.71. The summed E-state index contributed by atoms with van der Waals surface area (Å²) in [5.74, 6) is -0.193. The van der Waals surface area contributed by atoms with Crippen LogP contribution in [0.3, 0.4) is 0 Å². The number of nitrogens with zero attached hydrogens (tertiary/aromatic N) is 2. The first-order valence-corrected chi connectivity index (χ1v) is 9.03. The Hall–Kier alpha value is -1.65. The molecule has 1 aliphatic carbocycles. The average molecular weight is 345 g/mol. The van der Waals surface area contributed by atoms with Gasteiger partial charge in [0.05, 0.1) is 5.52 Å². The molecule has 5 heteroatoms. The third-order valence-electron chi connectivity index (χ3n) is 5.61. The van der Waals surface area contributed by atoms with E-state index in [4.69, 9.17) is 11.6 Å². The third-order valence-corrected chi connectivity index (χ3v) is 5.83. The molecule has 3 unspecified atom stereocenters. The Kier molecular flexibility index (Phi) is 4.19. The Morgan fingerprint density at radius 2 is 2.17 bits per heavy atom. The minimum Gasteiger partial charge on any atom is -0.480 e. The van der Waals surface area contributed by atoms with Gasteiger partial charge < -0.3 is 5.11 Å². The molecule has 2 heterocycles. The van der Waals surface area contributed by atoms with E-state index in [1.54, 1.807) is 6.20 Å². The minimum absolute atomic E-state index is 0.373. The van der Waals surface area contributed by atoms with Crippen LogP contribution in [-0.2, 0) is 11.3 Å². The highest BCUT2D eigenvalue weighted by molar-refractivity contribution is 6.31. The zero-order valence-electron chi connectivity index (χ0n) is 13.5. The van der Waals surface area contributed by atoms with Crippen LogP contribution in [0.2, 0.25) is 5.02 Å². The Labute approximate surface area is 146 Å². The van der Waals surface area contributed by atoms with Crippen molar-refractivity contribution < 1.29 is 9.90 Å². The van der Waals surface area contributed by atoms with Gasteiger partial charge in [-0.25, -0.2) is 0 Å². The summed E-state index contributed by atoms with van der Waals surface area (Å²) >= 11 is 6.28. The number of aliphatic carboxylic acids is 1. The summed E-state index contributed by atoms with van der Waals surface area (Å²) in [5.41, 5.74) is 1.95. The summed E-state index contributed by atoms with van der Waals surface area (Å²) in [6, 6.07) is 7.73. The predicted octanol–water partition coefficient (Wildman–Crippen LogP) is 4.11. The van der Waals surface area contributed by atoms with Crippen LogP contribution in [0.15, 0.2) is 30.5 Å². The van der Waals surface area contributed by atoms with Gasteiger partial charge in [0.25, 0.3) is 0 Å². The Morgan fingerprint density at radius 1 is 1.33 bits per heavy atom. The standard InChI is InChI=1S/C19H21ClN2O2/c20-15-8-13-5-3-7-21-18(13)14(9-15)11-22-16-6-2-1-4-12(16)10-17(22)19(23)24/h3,5,7-9,12,16-17H,1-2,4,6,10-11H2,(H,23,24). The number of carboxylic acid groups (broad SMARTS) is 1. The van der Waals surface area contributed by atoms with Gasteiger partial charge in [0.15, 0.2) is 0 Å². The van der Waals surface area contributed by atoms with Crippen LogP contribution in [0.1, 0.15) is 37.7 Å². The van der Waals surface area contributed by atoms with Crippen molar-refractivity contribution in [3.8, 4) is 0 Å². The first kappa shape index (κ1) is 15.9. The van der Waals surface area contributed by atoms with Crippen molar-refractivity contribution in [2.45, 2.75) is 50.7 Å². The van der Waals surface area contributed by atoms with Crippen molar-refractivity contribution in [2.75, 3.05) is 0 Å². The number of halogens is 1. The van der Waals surface area contributed by atoms with Crippen LogP contribution >= 0.6 is 11.6 Å². The summed E-state index contributed by atoms with van der Waals surface area (Å²) in [4.78, 5) is 18.5. The van der Waals surface area contributed by atoms with Gasteiger partial charge in [0.1, 0.15) is 6.04 Å². The van der Waals surface area contributed by atoms with E-state index in [1.807, 2.05) is 24.3 Å². The van der Waals surface area contributed by atoms with Gasteiger partial charge in [-0.1, -0.05) is 30.5 Å². The summed E-state index contributed by atoms with van der Waals surface area (Å²) in [7, 11) is 0. The number of hydrogen-bond donors (Lipinski definition) is 1. The smallest absolute Gasteiger partial charge is 0.320 e. The van der Waals surface area contributed by atoms with Crippen LogP contribution < -0.4 is 0 Å². The first-order valence-electron chi connectivity index (χ1n) is 8.65. The van der Waals surface area contributed by atoms with Gasteiger partial charge in [0, 0.05) is 29.2 Å². The molecule has 126 valence electrons. The van der Waals surface area contributed by atoms with Gasteiger partial charge in [-0.3, -0.25) is 14.7 Å². The number of pyridine rings is 1. The molecule has 0 spiro atoms. The molecule has 1 aliphatic heterocycles. The number of carbonyl (C=O) groups is 1. The van der Waals surface area contributed by atoms with Gasteiger partial charge in [0.2, 0.25) is 0 Å². The molecule has 1 N–H and O–H groups in total. The zero-order valence-corrected chi connectivity index (χ0v) is 14.2. The lowest BCUT2D eigenvalue weighted by atomic mass is 9.84. The van der Waals surface area contributed by atoms with Crippen LogP contribution in [0.25, 0.3) is 10.9 Å². The number of hydrogen-bond acceptors (Lipinski definition) is 3. The molecule has 0 amide bonds. The molecule has 0 radical (unpaired) electrons. The largest absolute Gasteiger partial charge is 0.480 e. The monoisotopic (exact) mass is 344 g/mol. The van der Waals surface area contributed by atoms with E-state index in [9.17, 15) is 9.90 Å². The molecule has 4 rings (SSSR count). The van der Waals surface area contributed by atoms with Crippen molar-refractivity contribution >= 4 is 28.5 Å². The Morgan fingerprint density at radius 3 is 3.00 bits per heavy atom. The lowest BCUT2D eigenvalue weighted by molar-refractivity contribution is -0.142. The third kappa shape index (κ3) is 2.78. The molecule has 3 atom stereocenters.